The maximum Gasteiger partial charge on any atom is 0.150 e. The Balaban J connectivity index is 2.01. The van der Waals surface area contributed by atoms with Gasteiger partial charge in [-0.25, -0.2) is 4.68 Å². The van der Waals surface area contributed by atoms with Crippen LogP contribution >= 0.6 is 0 Å². The molecule has 3 rings (SSSR count). The van der Waals surface area contributed by atoms with Gasteiger partial charge in [0.25, 0.3) is 0 Å². The van der Waals surface area contributed by atoms with Crippen LogP contribution in [0.5, 0.6) is 0 Å². The Morgan fingerprint density at radius 3 is 2.86 bits per heavy atom. The van der Waals surface area contributed by atoms with Crippen LogP contribution in [0.15, 0.2) is 24.4 Å². The third-order valence-corrected chi connectivity index (χ3v) is 4.52. The molecule has 0 aliphatic carbocycles. The van der Waals surface area contributed by atoms with E-state index in [1.165, 1.54) is 6.42 Å². The van der Waals surface area contributed by atoms with Crippen molar-refractivity contribution in [3.63, 3.8) is 0 Å². The predicted molar refractivity (Wildman–Crippen MR) is 88.8 cm³/mol. The lowest BCUT2D eigenvalue weighted by Crippen LogP contribution is -2.18. The second-order valence-corrected chi connectivity index (χ2v) is 11.4. The minimum Gasteiger partial charge on any atom is -0.356 e. The van der Waals surface area contributed by atoms with E-state index in [2.05, 4.69) is 54.4 Å². The van der Waals surface area contributed by atoms with Gasteiger partial charge in [-0.2, -0.15) is 5.10 Å². The molecular formula is C17H22N2OSi. The summed E-state index contributed by atoms with van der Waals surface area (Å²) in [6, 6.07) is 6.26. The van der Waals surface area contributed by atoms with Gasteiger partial charge in [0.05, 0.1) is 11.7 Å². The number of benzene rings is 1. The van der Waals surface area contributed by atoms with Gasteiger partial charge in [-0.05, 0) is 31.4 Å². The molecule has 3 nitrogen and oxygen atoms in total. The lowest BCUT2D eigenvalue weighted by Gasteiger charge is -2.23. The van der Waals surface area contributed by atoms with Crippen molar-refractivity contribution < 1.29 is 4.74 Å². The highest BCUT2D eigenvalue weighted by Gasteiger charge is 2.19. The summed E-state index contributed by atoms with van der Waals surface area (Å²) in [4.78, 5) is 0. The van der Waals surface area contributed by atoms with Gasteiger partial charge in [-0.15, -0.1) is 5.54 Å². The van der Waals surface area contributed by atoms with Gasteiger partial charge in [0.1, 0.15) is 8.07 Å². The van der Waals surface area contributed by atoms with Crippen molar-refractivity contribution in [1.82, 2.24) is 9.78 Å². The lowest BCUT2D eigenvalue weighted by atomic mass is 10.1. The number of ether oxygens (including phenoxy) is 1. The standard InChI is InChI=1S/C17H22N2OSi/c1-21(2,3)12-10-14-7-6-8-16-15(14)13-18-19(16)17-9-4-5-11-20-17/h6-8,13,17H,4-5,9,11H2,1-3H3. The topological polar surface area (TPSA) is 27.1 Å². The zero-order valence-electron chi connectivity index (χ0n) is 13.0. The van der Waals surface area contributed by atoms with E-state index in [0.29, 0.717) is 0 Å². The van der Waals surface area contributed by atoms with Crippen LogP contribution in [-0.4, -0.2) is 24.5 Å². The van der Waals surface area contributed by atoms with E-state index in [9.17, 15) is 0 Å². The molecule has 2 heterocycles. The van der Waals surface area contributed by atoms with Crippen molar-refractivity contribution in [2.45, 2.75) is 45.1 Å². The minimum absolute atomic E-state index is 0.0800. The smallest absolute Gasteiger partial charge is 0.150 e. The fourth-order valence-electron chi connectivity index (χ4n) is 2.58. The van der Waals surface area contributed by atoms with Crippen molar-refractivity contribution in [3.8, 4) is 11.5 Å². The zero-order chi connectivity index (χ0) is 14.9. The highest BCUT2D eigenvalue weighted by molar-refractivity contribution is 6.83. The van der Waals surface area contributed by atoms with Crippen LogP contribution in [-0.2, 0) is 4.74 Å². The molecular weight excluding hydrogens is 276 g/mol. The molecule has 0 N–H and O–H groups in total. The van der Waals surface area contributed by atoms with E-state index in [0.717, 1.165) is 35.9 Å². The Labute approximate surface area is 127 Å². The summed E-state index contributed by atoms with van der Waals surface area (Å²) in [7, 11) is -1.37. The highest BCUT2D eigenvalue weighted by atomic mass is 28.3. The molecule has 1 aromatic carbocycles. The summed E-state index contributed by atoms with van der Waals surface area (Å²) in [6.45, 7) is 7.62. The van der Waals surface area contributed by atoms with Crippen molar-refractivity contribution >= 4 is 19.0 Å². The molecule has 0 saturated carbocycles. The SMILES string of the molecule is C[Si](C)(C)C#Cc1cccc2c1cnn2C1CCCCO1. The van der Waals surface area contributed by atoms with Crippen LogP contribution in [0.1, 0.15) is 31.1 Å². The van der Waals surface area contributed by atoms with Crippen LogP contribution in [0, 0.1) is 11.5 Å². The first-order valence-electron chi connectivity index (χ1n) is 7.66. The first kappa shape index (κ1) is 14.4. The Kier molecular flexibility index (Phi) is 3.88. The number of fused-ring (bicyclic) bond motifs is 1. The van der Waals surface area contributed by atoms with Gasteiger partial charge in [0.15, 0.2) is 6.23 Å². The number of rotatable bonds is 1. The summed E-state index contributed by atoms with van der Waals surface area (Å²) < 4.78 is 7.88. The van der Waals surface area contributed by atoms with Crippen LogP contribution < -0.4 is 0 Å². The molecule has 1 saturated heterocycles. The Bertz CT molecular complexity index is 697. The number of aromatic nitrogens is 2. The molecule has 1 fully saturated rings. The van der Waals surface area contributed by atoms with Gasteiger partial charge >= 0.3 is 0 Å². The average molecular weight is 298 g/mol. The Morgan fingerprint density at radius 1 is 1.29 bits per heavy atom. The summed E-state index contributed by atoms with van der Waals surface area (Å²) in [5.41, 5.74) is 5.65. The Morgan fingerprint density at radius 2 is 2.14 bits per heavy atom. The second-order valence-electron chi connectivity index (χ2n) is 6.65. The lowest BCUT2D eigenvalue weighted by molar-refractivity contribution is -0.0366. The summed E-state index contributed by atoms with van der Waals surface area (Å²) in [5.74, 6) is 3.36. The molecule has 0 radical (unpaired) electrons. The predicted octanol–water partition coefficient (Wildman–Crippen LogP) is 3.96. The second kappa shape index (κ2) is 5.67. The molecule has 0 amide bonds. The van der Waals surface area contributed by atoms with Crippen molar-refractivity contribution in [1.29, 1.82) is 0 Å². The normalized spacial score (nSPS) is 19.3. The van der Waals surface area contributed by atoms with E-state index in [4.69, 9.17) is 4.74 Å². The minimum atomic E-state index is -1.37. The van der Waals surface area contributed by atoms with E-state index < -0.39 is 8.07 Å². The van der Waals surface area contributed by atoms with E-state index in [1.54, 1.807) is 0 Å². The summed E-state index contributed by atoms with van der Waals surface area (Å²) in [6.07, 6.45) is 5.42. The average Bonchev–Trinajstić information content (AvgIpc) is 2.89. The molecule has 0 bridgehead atoms. The van der Waals surface area contributed by atoms with Crippen molar-refractivity contribution in [3.05, 3.63) is 30.0 Å². The molecule has 1 unspecified atom stereocenters. The highest BCUT2D eigenvalue weighted by Crippen LogP contribution is 2.27. The quantitative estimate of drug-likeness (QED) is 0.588. The molecule has 1 aromatic heterocycles. The van der Waals surface area contributed by atoms with E-state index in [1.807, 2.05) is 10.9 Å². The van der Waals surface area contributed by atoms with Crippen LogP contribution in [0.25, 0.3) is 10.9 Å². The van der Waals surface area contributed by atoms with Gasteiger partial charge in [0, 0.05) is 17.6 Å². The van der Waals surface area contributed by atoms with Gasteiger partial charge < -0.3 is 4.74 Å². The first-order chi connectivity index (χ1) is 10.0. The summed E-state index contributed by atoms with van der Waals surface area (Å²) >= 11 is 0. The van der Waals surface area contributed by atoms with Gasteiger partial charge in [-0.1, -0.05) is 31.6 Å². The van der Waals surface area contributed by atoms with Crippen molar-refractivity contribution in [2.75, 3.05) is 6.61 Å². The van der Waals surface area contributed by atoms with Crippen LogP contribution in [0.4, 0.5) is 0 Å². The summed E-state index contributed by atoms with van der Waals surface area (Å²) in [5, 5.41) is 5.70. The van der Waals surface area contributed by atoms with Crippen molar-refractivity contribution in [2.24, 2.45) is 0 Å². The third kappa shape index (κ3) is 3.20. The molecule has 1 atom stereocenters. The number of nitrogens with zero attached hydrogens (tertiary/aromatic N) is 2. The van der Waals surface area contributed by atoms with Gasteiger partial charge in [0.2, 0.25) is 0 Å². The fourth-order valence-corrected chi connectivity index (χ4v) is 3.09. The zero-order valence-corrected chi connectivity index (χ0v) is 14.0. The van der Waals surface area contributed by atoms with E-state index >= 15 is 0 Å². The molecule has 2 aromatic rings. The largest absolute Gasteiger partial charge is 0.356 e. The fraction of sp³-hybridized carbons (Fsp3) is 0.471. The van der Waals surface area contributed by atoms with Crippen LogP contribution in [0.2, 0.25) is 19.6 Å². The molecule has 0 spiro atoms. The molecule has 1 aliphatic rings. The maximum absolute atomic E-state index is 5.86. The molecule has 4 heteroatoms. The van der Waals surface area contributed by atoms with E-state index in [-0.39, 0.29) is 6.23 Å². The number of hydrogen-bond acceptors (Lipinski definition) is 2. The monoisotopic (exact) mass is 298 g/mol. The van der Waals surface area contributed by atoms with Crippen LogP contribution in [0.3, 0.4) is 0 Å². The molecule has 21 heavy (non-hydrogen) atoms. The Hall–Kier alpha value is -1.57. The van der Waals surface area contributed by atoms with Gasteiger partial charge in [-0.3, -0.25) is 0 Å². The first-order valence-corrected chi connectivity index (χ1v) is 11.2. The third-order valence-electron chi connectivity index (χ3n) is 3.64. The molecule has 1 aliphatic heterocycles. The number of hydrogen-bond donors (Lipinski definition) is 0. The molecule has 110 valence electrons. The maximum atomic E-state index is 5.86.